The largest absolute Gasteiger partial charge is 0.487 e. The van der Waals surface area contributed by atoms with Gasteiger partial charge in [-0.15, -0.1) is 0 Å². The Labute approximate surface area is 132 Å². The van der Waals surface area contributed by atoms with Crippen molar-refractivity contribution in [3.63, 3.8) is 0 Å². The predicted octanol–water partition coefficient (Wildman–Crippen LogP) is 3.64. The standard InChI is InChI=1S/C15H16BrClN2O/c16-13-7-11(17)6-12(14(19)8-18)15(13)20-9-10-4-2-1-3-5-10/h1-7,14H,8-9,18-19H2. The minimum absolute atomic E-state index is 0.309. The lowest BCUT2D eigenvalue weighted by Crippen LogP contribution is -2.21. The van der Waals surface area contributed by atoms with Gasteiger partial charge in [0.1, 0.15) is 12.4 Å². The molecule has 0 bridgehead atoms. The lowest BCUT2D eigenvalue weighted by Gasteiger charge is -2.18. The molecule has 0 saturated carbocycles. The van der Waals surface area contributed by atoms with E-state index in [9.17, 15) is 0 Å². The molecule has 4 N–H and O–H groups in total. The first-order chi connectivity index (χ1) is 9.61. The second kappa shape index (κ2) is 7.09. The van der Waals surface area contributed by atoms with Gasteiger partial charge in [-0.3, -0.25) is 0 Å². The van der Waals surface area contributed by atoms with Crippen LogP contribution in [0, 0.1) is 0 Å². The zero-order valence-electron chi connectivity index (χ0n) is 10.9. The first kappa shape index (κ1) is 15.3. The van der Waals surface area contributed by atoms with Crippen LogP contribution in [0.3, 0.4) is 0 Å². The van der Waals surface area contributed by atoms with E-state index in [1.807, 2.05) is 30.3 Å². The highest BCUT2D eigenvalue weighted by Crippen LogP contribution is 2.35. The van der Waals surface area contributed by atoms with Gasteiger partial charge in [-0.05, 0) is 33.6 Å². The van der Waals surface area contributed by atoms with E-state index in [0.717, 1.165) is 15.6 Å². The van der Waals surface area contributed by atoms with E-state index in [2.05, 4.69) is 15.9 Å². The van der Waals surface area contributed by atoms with Gasteiger partial charge in [-0.1, -0.05) is 41.9 Å². The smallest absolute Gasteiger partial charge is 0.138 e. The van der Waals surface area contributed by atoms with E-state index in [4.69, 9.17) is 27.8 Å². The molecule has 5 heteroatoms. The molecule has 0 spiro atoms. The van der Waals surface area contributed by atoms with Crippen molar-refractivity contribution >= 4 is 27.5 Å². The molecule has 20 heavy (non-hydrogen) atoms. The van der Waals surface area contributed by atoms with Gasteiger partial charge in [0.05, 0.1) is 4.47 Å². The summed E-state index contributed by atoms with van der Waals surface area (Å²) in [6.07, 6.45) is 0. The maximum absolute atomic E-state index is 6.06. The lowest BCUT2D eigenvalue weighted by atomic mass is 10.1. The van der Waals surface area contributed by atoms with Crippen molar-refractivity contribution in [2.45, 2.75) is 12.6 Å². The van der Waals surface area contributed by atoms with Crippen LogP contribution in [0.15, 0.2) is 46.9 Å². The molecule has 0 fully saturated rings. The zero-order valence-corrected chi connectivity index (χ0v) is 13.2. The highest BCUT2D eigenvalue weighted by molar-refractivity contribution is 9.10. The summed E-state index contributed by atoms with van der Waals surface area (Å²) in [5, 5.41) is 0.600. The average molecular weight is 356 g/mol. The molecule has 0 aliphatic rings. The van der Waals surface area contributed by atoms with Gasteiger partial charge in [0.25, 0.3) is 0 Å². The highest BCUT2D eigenvalue weighted by Gasteiger charge is 2.15. The molecular weight excluding hydrogens is 340 g/mol. The second-order valence-corrected chi connectivity index (χ2v) is 5.71. The Bertz CT molecular complexity index is 578. The van der Waals surface area contributed by atoms with Crippen LogP contribution in [0.2, 0.25) is 5.02 Å². The molecule has 3 nitrogen and oxygen atoms in total. The van der Waals surface area contributed by atoms with Crippen LogP contribution < -0.4 is 16.2 Å². The molecule has 0 saturated heterocycles. The first-order valence-electron chi connectivity index (χ1n) is 6.23. The van der Waals surface area contributed by atoms with E-state index in [1.165, 1.54) is 0 Å². The van der Waals surface area contributed by atoms with Gasteiger partial charge in [0.2, 0.25) is 0 Å². The Kier molecular flexibility index (Phi) is 5.43. The predicted molar refractivity (Wildman–Crippen MR) is 85.9 cm³/mol. The molecule has 2 aromatic carbocycles. The van der Waals surface area contributed by atoms with Crippen molar-refractivity contribution in [1.29, 1.82) is 0 Å². The molecule has 0 aromatic heterocycles. The van der Waals surface area contributed by atoms with Crippen LogP contribution >= 0.6 is 27.5 Å². The third kappa shape index (κ3) is 3.73. The van der Waals surface area contributed by atoms with Crippen molar-refractivity contribution in [3.05, 3.63) is 63.1 Å². The third-order valence-electron chi connectivity index (χ3n) is 2.92. The van der Waals surface area contributed by atoms with Crippen LogP contribution in [0.5, 0.6) is 5.75 Å². The first-order valence-corrected chi connectivity index (χ1v) is 7.40. The molecule has 0 heterocycles. The average Bonchev–Trinajstić information content (AvgIpc) is 2.46. The summed E-state index contributed by atoms with van der Waals surface area (Å²) in [4.78, 5) is 0. The number of halogens is 2. The molecule has 106 valence electrons. The summed E-state index contributed by atoms with van der Waals surface area (Å²) in [5.41, 5.74) is 13.6. The monoisotopic (exact) mass is 354 g/mol. The number of hydrogen-bond donors (Lipinski definition) is 2. The normalized spacial score (nSPS) is 12.2. The zero-order chi connectivity index (χ0) is 14.5. The summed E-state index contributed by atoms with van der Waals surface area (Å²) in [6, 6.07) is 13.2. The molecule has 0 radical (unpaired) electrons. The SMILES string of the molecule is NCC(N)c1cc(Cl)cc(Br)c1OCc1ccccc1. The van der Waals surface area contributed by atoms with Crippen LogP contribution in [0.25, 0.3) is 0 Å². The van der Waals surface area contributed by atoms with E-state index >= 15 is 0 Å². The van der Waals surface area contributed by atoms with Crippen LogP contribution in [-0.2, 0) is 6.61 Å². The molecule has 1 unspecified atom stereocenters. The number of rotatable bonds is 5. The summed E-state index contributed by atoms with van der Waals surface area (Å²) >= 11 is 9.52. The number of ether oxygens (including phenoxy) is 1. The minimum atomic E-state index is -0.309. The Morgan fingerprint density at radius 3 is 2.55 bits per heavy atom. The van der Waals surface area contributed by atoms with Gasteiger partial charge in [0.15, 0.2) is 0 Å². The fraction of sp³-hybridized carbons (Fsp3) is 0.200. The van der Waals surface area contributed by atoms with E-state index < -0.39 is 0 Å². The Hall–Kier alpha value is -1.07. The van der Waals surface area contributed by atoms with Crippen LogP contribution in [-0.4, -0.2) is 6.54 Å². The van der Waals surface area contributed by atoms with E-state index in [1.54, 1.807) is 12.1 Å². The summed E-state index contributed by atoms with van der Waals surface area (Å²) in [7, 11) is 0. The maximum Gasteiger partial charge on any atom is 0.138 e. The fourth-order valence-electron chi connectivity index (χ4n) is 1.86. The molecule has 0 aliphatic carbocycles. The molecule has 2 rings (SSSR count). The fourth-order valence-corrected chi connectivity index (χ4v) is 2.81. The topological polar surface area (TPSA) is 61.3 Å². The summed E-state index contributed by atoms with van der Waals surface area (Å²) in [5.74, 6) is 0.691. The van der Waals surface area contributed by atoms with Gasteiger partial charge in [-0.2, -0.15) is 0 Å². The highest BCUT2D eigenvalue weighted by atomic mass is 79.9. The van der Waals surface area contributed by atoms with Crippen molar-refractivity contribution < 1.29 is 4.74 Å². The van der Waals surface area contributed by atoms with Crippen molar-refractivity contribution in [1.82, 2.24) is 0 Å². The minimum Gasteiger partial charge on any atom is -0.487 e. The van der Waals surface area contributed by atoms with Crippen molar-refractivity contribution in [2.24, 2.45) is 11.5 Å². The van der Waals surface area contributed by atoms with Crippen LogP contribution in [0.1, 0.15) is 17.2 Å². The van der Waals surface area contributed by atoms with Crippen molar-refractivity contribution in [2.75, 3.05) is 6.54 Å². The Balaban J connectivity index is 2.26. The Morgan fingerprint density at radius 1 is 1.20 bits per heavy atom. The van der Waals surface area contributed by atoms with E-state index in [0.29, 0.717) is 23.9 Å². The molecule has 0 amide bonds. The quantitative estimate of drug-likeness (QED) is 0.861. The van der Waals surface area contributed by atoms with Crippen LogP contribution in [0.4, 0.5) is 0 Å². The van der Waals surface area contributed by atoms with Gasteiger partial charge in [-0.25, -0.2) is 0 Å². The number of hydrogen-bond acceptors (Lipinski definition) is 3. The molecular formula is C15H16BrClN2O. The van der Waals surface area contributed by atoms with Gasteiger partial charge < -0.3 is 16.2 Å². The lowest BCUT2D eigenvalue weighted by molar-refractivity contribution is 0.299. The molecule has 2 aromatic rings. The second-order valence-electron chi connectivity index (χ2n) is 4.42. The summed E-state index contributed by atoms with van der Waals surface area (Å²) < 4.78 is 6.67. The van der Waals surface area contributed by atoms with Crippen molar-refractivity contribution in [3.8, 4) is 5.75 Å². The third-order valence-corrected chi connectivity index (χ3v) is 3.72. The summed E-state index contributed by atoms with van der Waals surface area (Å²) in [6.45, 7) is 0.792. The molecule has 1 atom stereocenters. The van der Waals surface area contributed by atoms with Gasteiger partial charge >= 0.3 is 0 Å². The molecule has 0 aliphatic heterocycles. The number of nitrogens with two attached hydrogens (primary N) is 2. The van der Waals surface area contributed by atoms with E-state index in [-0.39, 0.29) is 6.04 Å². The Morgan fingerprint density at radius 2 is 1.90 bits per heavy atom. The number of benzene rings is 2. The maximum atomic E-state index is 6.06. The van der Waals surface area contributed by atoms with Gasteiger partial charge in [0, 0.05) is 23.2 Å².